The molecule has 0 saturated heterocycles. The third kappa shape index (κ3) is 3.43. The van der Waals surface area contributed by atoms with Crippen molar-refractivity contribution in [2.45, 2.75) is 6.61 Å². The van der Waals surface area contributed by atoms with Gasteiger partial charge in [0.15, 0.2) is 0 Å². The topological polar surface area (TPSA) is 46.5 Å². The predicted octanol–water partition coefficient (Wildman–Crippen LogP) is 2.19. The third-order valence-corrected chi connectivity index (χ3v) is 2.09. The first kappa shape index (κ1) is 11.1. The lowest BCUT2D eigenvalue weighted by molar-refractivity contribution is -0.142. The lowest BCUT2D eigenvalue weighted by Crippen LogP contribution is -2.06. The first-order chi connectivity index (χ1) is 6.59. The van der Waals surface area contributed by atoms with Crippen LogP contribution in [0.25, 0.3) is 0 Å². The maximum Gasteiger partial charge on any atom is 0.329 e. The van der Waals surface area contributed by atoms with Crippen LogP contribution in [0.5, 0.6) is 0 Å². The van der Waals surface area contributed by atoms with E-state index in [1.807, 2.05) is 0 Å². The molecule has 14 heavy (non-hydrogen) atoms. The molecule has 0 saturated carbocycles. The highest BCUT2D eigenvalue weighted by molar-refractivity contribution is 9.10. The molecule has 5 heteroatoms. The fourth-order valence-electron chi connectivity index (χ4n) is 0.886. The molecule has 0 aliphatic heterocycles. The van der Waals surface area contributed by atoms with Gasteiger partial charge >= 0.3 is 5.97 Å². The number of benzene rings is 1. The Bertz CT molecular complexity index is 341. The van der Waals surface area contributed by atoms with Gasteiger partial charge in [-0.3, -0.25) is 0 Å². The Morgan fingerprint density at radius 2 is 2.29 bits per heavy atom. The van der Waals surface area contributed by atoms with Crippen LogP contribution in [0.15, 0.2) is 22.7 Å². The minimum absolute atomic E-state index is 0.158. The Hall–Kier alpha value is -0.940. The number of carboxylic acid groups (broad SMARTS) is 1. The fraction of sp³-hybridized carbons (Fsp3) is 0.222. The normalized spacial score (nSPS) is 10.1. The van der Waals surface area contributed by atoms with Gasteiger partial charge in [0, 0.05) is 0 Å². The van der Waals surface area contributed by atoms with E-state index >= 15 is 0 Å². The van der Waals surface area contributed by atoms with Gasteiger partial charge in [0.25, 0.3) is 0 Å². The van der Waals surface area contributed by atoms with Crippen LogP contribution in [0.1, 0.15) is 5.56 Å². The molecular weight excluding hydrogens is 255 g/mol. The number of halogens is 2. The van der Waals surface area contributed by atoms with Crippen molar-refractivity contribution in [3.63, 3.8) is 0 Å². The van der Waals surface area contributed by atoms with Crippen molar-refractivity contribution in [1.82, 2.24) is 0 Å². The van der Waals surface area contributed by atoms with Crippen LogP contribution in [-0.4, -0.2) is 17.7 Å². The van der Waals surface area contributed by atoms with Crippen LogP contribution in [0.2, 0.25) is 0 Å². The van der Waals surface area contributed by atoms with E-state index in [1.54, 1.807) is 12.1 Å². The van der Waals surface area contributed by atoms with Crippen LogP contribution in [0.3, 0.4) is 0 Å². The zero-order chi connectivity index (χ0) is 10.6. The highest BCUT2D eigenvalue weighted by Gasteiger charge is 2.01. The maximum atomic E-state index is 12.8. The number of aliphatic carboxylic acids is 1. The number of ether oxygens (including phenoxy) is 1. The lowest BCUT2D eigenvalue weighted by atomic mass is 10.2. The van der Waals surface area contributed by atoms with Gasteiger partial charge in [-0.2, -0.15) is 0 Å². The van der Waals surface area contributed by atoms with Gasteiger partial charge in [-0.25, -0.2) is 9.18 Å². The molecule has 0 radical (unpaired) electrons. The summed E-state index contributed by atoms with van der Waals surface area (Å²) in [7, 11) is 0. The van der Waals surface area contributed by atoms with E-state index in [1.165, 1.54) is 6.07 Å². The Labute approximate surface area is 88.6 Å². The van der Waals surface area contributed by atoms with Gasteiger partial charge in [-0.05, 0) is 33.6 Å². The van der Waals surface area contributed by atoms with Crippen LogP contribution in [-0.2, 0) is 16.1 Å². The first-order valence-corrected chi connectivity index (χ1v) is 4.62. The van der Waals surface area contributed by atoms with E-state index in [0.717, 1.165) is 5.56 Å². The summed E-state index contributed by atoms with van der Waals surface area (Å²) in [5, 5.41) is 8.30. The van der Waals surface area contributed by atoms with E-state index in [2.05, 4.69) is 15.9 Å². The van der Waals surface area contributed by atoms with Crippen LogP contribution in [0.4, 0.5) is 4.39 Å². The van der Waals surface area contributed by atoms with Crippen molar-refractivity contribution in [3.8, 4) is 0 Å². The molecule has 0 atom stereocenters. The number of carbonyl (C=O) groups is 1. The number of rotatable bonds is 4. The second-order valence-corrected chi connectivity index (χ2v) is 3.49. The number of carboxylic acids is 1. The van der Waals surface area contributed by atoms with Crippen molar-refractivity contribution in [2.75, 3.05) is 6.61 Å². The minimum atomic E-state index is -1.02. The van der Waals surface area contributed by atoms with Gasteiger partial charge < -0.3 is 9.84 Å². The van der Waals surface area contributed by atoms with Crippen molar-refractivity contribution in [1.29, 1.82) is 0 Å². The van der Waals surface area contributed by atoms with Gasteiger partial charge in [0.1, 0.15) is 12.4 Å². The molecule has 0 aromatic heterocycles. The number of hydrogen-bond donors (Lipinski definition) is 1. The summed E-state index contributed by atoms with van der Waals surface area (Å²) < 4.78 is 17.9. The molecule has 0 unspecified atom stereocenters. The van der Waals surface area contributed by atoms with Gasteiger partial charge in [-0.15, -0.1) is 0 Å². The molecule has 0 aliphatic carbocycles. The predicted molar refractivity (Wildman–Crippen MR) is 51.4 cm³/mol. The Morgan fingerprint density at radius 1 is 1.57 bits per heavy atom. The molecule has 1 aromatic rings. The lowest BCUT2D eigenvalue weighted by Gasteiger charge is -2.02. The standard InChI is InChI=1S/C9H8BrFO3/c10-7-3-6(1-2-8(7)11)4-14-5-9(12)13/h1-3H,4-5H2,(H,12,13). The van der Waals surface area contributed by atoms with E-state index in [0.29, 0.717) is 4.47 Å². The van der Waals surface area contributed by atoms with E-state index in [4.69, 9.17) is 9.84 Å². The second-order valence-electron chi connectivity index (χ2n) is 2.63. The Kier molecular flexibility index (Phi) is 4.03. The molecule has 1 aromatic carbocycles. The van der Waals surface area contributed by atoms with E-state index < -0.39 is 5.97 Å². The molecule has 1 rings (SSSR count). The van der Waals surface area contributed by atoms with Gasteiger partial charge in [-0.1, -0.05) is 6.07 Å². The van der Waals surface area contributed by atoms with Crippen LogP contribution in [0, 0.1) is 5.82 Å². The summed E-state index contributed by atoms with van der Waals surface area (Å²) in [5.74, 6) is -1.38. The SMILES string of the molecule is O=C(O)COCc1ccc(F)c(Br)c1. The summed E-state index contributed by atoms with van der Waals surface area (Å²) in [6.45, 7) is -0.194. The average molecular weight is 263 g/mol. The molecule has 0 amide bonds. The first-order valence-electron chi connectivity index (χ1n) is 3.83. The van der Waals surface area contributed by atoms with Gasteiger partial charge in [0.05, 0.1) is 11.1 Å². The minimum Gasteiger partial charge on any atom is -0.480 e. The van der Waals surface area contributed by atoms with E-state index in [-0.39, 0.29) is 19.0 Å². The molecule has 1 N–H and O–H groups in total. The monoisotopic (exact) mass is 262 g/mol. The molecule has 3 nitrogen and oxygen atoms in total. The third-order valence-electron chi connectivity index (χ3n) is 1.48. The summed E-state index contributed by atoms with van der Waals surface area (Å²) in [4.78, 5) is 10.1. The highest BCUT2D eigenvalue weighted by Crippen LogP contribution is 2.17. The molecule has 0 heterocycles. The second kappa shape index (κ2) is 5.07. The summed E-state index contributed by atoms with van der Waals surface area (Å²) in [5.41, 5.74) is 0.722. The zero-order valence-corrected chi connectivity index (χ0v) is 8.75. The number of hydrogen-bond acceptors (Lipinski definition) is 2. The Balaban J connectivity index is 2.51. The molecule has 0 fully saturated rings. The smallest absolute Gasteiger partial charge is 0.329 e. The van der Waals surface area contributed by atoms with Crippen molar-refractivity contribution >= 4 is 21.9 Å². The van der Waals surface area contributed by atoms with Crippen molar-refractivity contribution in [3.05, 3.63) is 34.1 Å². The summed E-state index contributed by atoms with van der Waals surface area (Å²) in [6.07, 6.45) is 0. The van der Waals surface area contributed by atoms with Crippen molar-refractivity contribution < 1.29 is 19.0 Å². The summed E-state index contributed by atoms with van der Waals surface area (Å²) in [6, 6.07) is 4.39. The molecular formula is C9H8BrFO3. The van der Waals surface area contributed by atoms with E-state index in [9.17, 15) is 9.18 Å². The quantitative estimate of drug-likeness (QED) is 0.905. The van der Waals surface area contributed by atoms with Crippen LogP contribution >= 0.6 is 15.9 Å². The largest absolute Gasteiger partial charge is 0.480 e. The van der Waals surface area contributed by atoms with Crippen molar-refractivity contribution in [2.24, 2.45) is 0 Å². The fourth-order valence-corrected chi connectivity index (χ4v) is 1.31. The van der Waals surface area contributed by atoms with Crippen LogP contribution < -0.4 is 0 Å². The molecule has 76 valence electrons. The maximum absolute atomic E-state index is 12.8. The molecule has 0 spiro atoms. The average Bonchev–Trinajstić information content (AvgIpc) is 2.10. The Morgan fingerprint density at radius 3 is 2.86 bits per heavy atom. The molecule has 0 aliphatic rings. The van der Waals surface area contributed by atoms with Gasteiger partial charge in [0.2, 0.25) is 0 Å². The summed E-state index contributed by atoms with van der Waals surface area (Å²) >= 11 is 3.02. The molecule has 0 bridgehead atoms. The zero-order valence-electron chi connectivity index (χ0n) is 7.17. The highest BCUT2D eigenvalue weighted by atomic mass is 79.9.